The zero-order chi connectivity index (χ0) is 47.4. The largest absolute Gasteiger partial charge is 0.508 e. The van der Waals surface area contributed by atoms with Crippen molar-refractivity contribution in [2.45, 2.75) is 12.8 Å². The Morgan fingerprint density at radius 3 is 1.14 bits per heavy atom. The van der Waals surface area contributed by atoms with Gasteiger partial charge in [-0.05, 0) is 95.1 Å². The van der Waals surface area contributed by atoms with Crippen molar-refractivity contribution in [2.24, 2.45) is 0 Å². The van der Waals surface area contributed by atoms with Crippen molar-refractivity contribution in [1.29, 1.82) is 0 Å². The van der Waals surface area contributed by atoms with Crippen molar-refractivity contribution in [3.63, 3.8) is 0 Å². The number of ether oxygens (including phenoxy) is 8. The van der Waals surface area contributed by atoms with Crippen molar-refractivity contribution in [2.75, 3.05) is 93.5 Å². The van der Waals surface area contributed by atoms with E-state index in [-0.39, 0.29) is 103 Å². The summed E-state index contributed by atoms with van der Waals surface area (Å²) in [5.41, 5.74) is 6.43. The van der Waals surface area contributed by atoms with Crippen molar-refractivity contribution in [3.8, 4) is 34.1 Å². The number of methoxy groups -OCH3 is 2. The van der Waals surface area contributed by atoms with Gasteiger partial charge in [0.2, 0.25) is 0 Å². The third kappa shape index (κ3) is 28.1. The van der Waals surface area contributed by atoms with Gasteiger partial charge < -0.3 is 58.3 Å². The van der Waals surface area contributed by atoms with Crippen LogP contribution in [-0.2, 0) is 103 Å². The van der Waals surface area contributed by atoms with Crippen molar-refractivity contribution in [1.82, 2.24) is 0 Å². The zero-order valence-electron chi connectivity index (χ0n) is 37.7. The van der Waals surface area contributed by atoms with E-state index >= 15 is 0 Å². The average Bonchev–Trinajstić information content (AvgIpc) is 3.61. The predicted octanol–water partition coefficient (Wildman–Crippen LogP) is 5.72. The van der Waals surface area contributed by atoms with Crippen LogP contribution in [0, 0.1) is 0 Å². The van der Waals surface area contributed by atoms with Crippen molar-refractivity contribution in [3.05, 3.63) is 132 Å². The van der Waals surface area contributed by atoms with Crippen LogP contribution in [0.1, 0.15) is 44.7 Å². The maximum absolute atomic E-state index is 10.5. The summed E-state index contributed by atoms with van der Waals surface area (Å²) < 4.78 is 39.9. The fourth-order valence-electron chi connectivity index (χ4n) is 5.11. The SMILES string of the molecule is C=CC(=O)OCCOCCOCCO.C=CC(=O)OCCOCCOCCO.COc1ccc2c(c1)C(C)c1cc(OC)ccc1-2.O=Cc1ccc(O)cc1.O=Cc1ccc(O)cc1.[Y].[Y]. The smallest absolute Gasteiger partial charge is 0.330 e. The number of fused-ring (bicyclic) bond motifs is 3. The summed E-state index contributed by atoms with van der Waals surface area (Å²) in [4.78, 5) is 41.1. The number of rotatable bonds is 22. The Labute approximate surface area is 436 Å². The number of aliphatic hydroxyl groups is 2. The van der Waals surface area contributed by atoms with E-state index in [2.05, 4.69) is 53.8 Å². The van der Waals surface area contributed by atoms with Crippen LogP contribution in [0.4, 0.5) is 0 Å². The fourth-order valence-corrected chi connectivity index (χ4v) is 5.11. The molecule has 0 fully saturated rings. The molecule has 1 aliphatic rings. The van der Waals surface area contributed by atoms with Gasteiger partial charge in [0.15, 0.2) is 0 Å². The maximum Gasteiger partial charge on any atom is 0.330 e. The molecule has 18 heteroatoms. The average molecular weight is 1070 g/mol. The number of hydrogen-bond acceptors (Lipinski definition) is 16. The molecule has 66 heavy (non-hydrogen) atoms. The Hall–Kier alpha value is -4.19. The van der Waals surface area contributed by atoms with Gasteiger partial charge in [-0.2, -0.15) is 0 Å². The number of aromatic hydroxyl groups is 2. The van der Waals surface area contributed by atoms with Crippen LogP contribution in [0.5, 0.6) is 23.0 Å². The number of esters is 2. The summed E-state index contributed by atoms with van der Waals surface area (Å²) in [6.07, 6.45) is 3.67. The third-order valence-electron chi connectivity index (χ3n) is 8.29. The molecule has 0 unspecified atom stereocenters. The van der Waals surface area contributed by atoms with Gasteiger partial charge in [-0.15, -0.1) is 0 Å². The number of benzene rings is 4. The molecule has 0 atom stereocenters. The molecule has 1 aliphatic carbocycles. The molecule has 4 aromatic carbocycles. The second kappa shape index (κ2) is 41.0. The monoisotopic (exact) mass is 1070 g/mol. The van der Waals surface area contributed by atoms with Gasteiger partial charge in [-0.3, -0.25) is 9.59 Å². The van der Waals surface area contributed by atoms with E-state index in [0.717, 1.165) is 36.2 Å². The number of carbonyl (C=O) groups excluding carboxylic acids is 4. The number of aldehydes is 2. The predicted molar refractivity (Wildman–Crippen MR) is 239 cm³/mol. The van der Waals surface area contributed by atoms with Gasteiger partial charge in [0.25, 0.3) is 0 Å². The van der Waals surface area contributed by atoms with E-state index in [1.54, 1.807) is 38.5 Å². The van der Waals surface area contributed by atoms with Crippen LogP contribution < -0.4 is 9.47 Å². The van der Waals surface area contributed by atoms with Gasteiger partial charge in [0.1, 0.15) is 48.8 Å². The molecule has 4 aromatic rings. The van der Waals surface area contributed by atoms with Crippen LogP contribution in [0.25, 0.3) is 11.1 Å². The Bertz CT molecular complexity index is 1800. The number of phenolic OH excluding ortho intramolecular Hbond substituents is 2. The van der Waals surface area contributed by atoms with E-state index in [0.29, 0.717) is 69.9 Å². The van der Waals surface area contributed by atoms with E-state index in [9.17, 15) is 19.2 Å². The molecule has 354 valence electrons. The second-order valence-electron chi connectivity index (χ2n) is 12.7. The van der Waals surface area contributed by atoms with Crippen molar-refractivity contribution >= 4 is 24.5 Å². The normalized spacial score (nSPS) is 10.1. The summed E-state index contributed by atoms with van der Waals surface area (Å²) in [7, 11) is 3.41. The first-order chi connectivity index (χ1) is 31.0. The first-order valence-electron chi connectivity index (χ1n) is 20.0. The topological polar surface area (TPSA) is 223 Å². The summed E-state index contributed by atoms with van der Waals surface area (Å²) in [5, 5.41) is 34.2. The Morgan fingerprint density at radius 1 is 0.530 bits per heavy atom. The molecule has 0 spiro atoms. The van der Waals surface area contributed by atoms with Crippen LogP contribution in [0.3, 0.4) is 0 Å². The Balaban J connectivity index is 0. The molecular weight excluding hydrogens is 1010 g/mol. The van der Waals surface area contributed by atoms with Gasteiger partial charge in [-0.1, -0.05) is 32.2 Å². The number of carbonyl (C=O) groups is 4. The molecule has 16 nitrogen and oxygen atoms in total. The molecule has 0 aromatic heterocycles. The molecule has 5 rings (SSSR count). The van der Waals surface area contributed by atoms with Gasteiger partial charge in [0, 0.05) is 94.6 Å². The molecule has 0 amide bonds. The van der Waals surface area contributed by atoms with Gasteiger partial charge >= 0.3 is 11.9 Å². The van der Waals surface area contributed by atoms with Crippen molar-refractivity contribution < 1.29 is 143 Å². The molecule has 0 heterocycles. The first kappa shape index (κ1) is 63.9. The minimum absolute atomic E-state index is 0. The molecule has 0 saturated heterocycles. The van der Waals surface area contributed by atoms with E-state index in [4.69, 9.17) is 48.8 Å². The molecular formula is C48H60O16Y2. The van der Waals surface area contributed by atoms with Crippen LogP contribution in [0.15, 0.2) is 110 Å². The number of phenols is 2. The minimum Gasteiger partial charge on any atom is -0.508 e. The van der Waals surface area contributed by atoms with Crippen LogP contribution in [0.2, 0.25) is 0 Å². The van der Waals surface area contributed by atoms with E-state index in [1.165, 1.54) is 46.5 Å². The first-order valence-corrected chi connectivity index (χ1v) is 20.0. The van der Waals surface area contributed by atoms with Gasteiger partial charge in [-0.25, -0.2) is 9.59 Å². The van der Waals surface area contributed by atoms with E-state index < -0.39 is 11.9 Å². The Morgan fingerprint density at radius 2 is 0.848 bits per heavy atom. The summed E-state index contributed by atoms with van der Waals surface area (Å²) in [6.45, 7) is 12.2. The van der Waals surface area contributed by atoms with Crippen LogP contribution in [-0.4, -0.2) is 138 Å². The molecule has 2 radical (unpaired) electrons. The molecule has 0 bridgehead atoms. The van der Waals surface area contributed by atoms with E-state index in [1.807, 2.05) is 12.1 Å². The summed E-state index contributed by atoms with van der Waals surface area (Å²) in [6, 6.07) is 24.7. The summed E-state index contributed by atoms with van der Waals surface area (Å²) in [5.74, 6) is 1.68. The Kier molecular flexibility index (Phi) is 39.7. The standard InChI is InChI=1S/C16H16O2.2C9H16O5.2C7H6O2.2Y/c1-10-15-8-11(17-2)4-6-13(15)14-7-5-12(18-3)9-16(10)14;2*1-2-9(11)14-8-7-13-6-5-12-4-3-10;2*8-5-6-1-3-7(9)4-2-6;;/h4-10H,1-3H3;2*2,10H,1,3-8H2;2*1-5,9H;;. The molecule has 4 N–H and O–H groups in total. The van der Waals surface area contributed by atoms with Gasteiger partial charge in [0.05, 0.1) is 80.3 Å². The summed E-state index contributed by atoms with van der Waals surface area (Å²) >= 11 is 0. The second-order valence-corrected chi connectivity index (χ2v) is 12.7. The minimum atomic E-state index is -0.454. The number of hydrogen-bond donors (Lipinski definition) is 4. The fraction of sp³-hybridized carbons (Fsp3) is 0.333. The maximum atomic E-state index is 10.5. The molecule has 0 saturated carbocycles. The third-order valence-corrected chi connectivity index (χ3v) is 8.29. The number of aliphatic hydroxyl groups excluding tert-OH is 2. The molecule has 0 aliphatic heterocycles. The van der Waals surface area contributed by atoms with Crippen LogP contribution >= 0.6 is 0 Å². The quantitative estimate of drug-likeness (QED) is 0.0320. The zero-order valence-corrected chi connectivity index (χ0v) is 43.4.